The molecule has 0 unspecified atom stereocenters. The number of thioether (sulfide) groups is 2. The Morgan fingerprint density at radius 3 is 2.60 bits per heavy atom. The van der Waals surface area contributed by atoms with E-state index in [9.17, 15) is 4.79 Å². The molecule has 4 heterocycles. The summed E-state index contributed by atoms with van der Waals surface area (Å²) in [6, 6.07) is 5.74. The van der Waals surface area contributed by atoms with Crippen molar-refractivity contribution in [3.63, 3.8) is 0 Å². The SMILES string of the molecule is Cc1cc(C)nc(SCc2nnc(SCC(=O)N3CCCC3)n2Cc2ccco2)n1. The van der Waals surface area contributed by atoms with E-state index in [2.05, 4.69) is 20.2 Å². The van der Waals surface area contributed by atoms with Crippen LogP contribution in [0.2, 0.25) is 0 Å². The first-order valence-electron chi connectivity index (χ1n) is 9.88. The smallest absolute Gasteiger partial charge is 0.233 e. The summed E-state index contributed by atoms with van der Waals surface area (Å²) in [5, 5.41) is 10.2. The molecule has 0 spiro atoms. The lowest BCUT2D eigenvalue weighted by Gasteiger charge is -2.14. The van der Waals surface area contributed by atoms with E-state index in [0.717, 1.165) is 59.2 Å². The Bertz CT molecular complexity index is 979. The highest BCUT2D eigenvalue weighted by molar-refractivity contribution is 7.99. The van der Waals surface area contributed by atoms with E-state index in [1.165, 1.54) is 23.5 Å². The van der Waals surface area contributed by atoms with Crippen LogP contribution >= 0.6 is 23.5 Å². The molecule has 1 aliphatic heterocycles. The molecule has 1 fully saturated rings. The number of carbonyl (C=O) groups is 1. The number of rotatable bonds is 8. The van der Waals surface area contributed by atoms with Crippen LogP contribution in [0.4, 0.5) is 0 Å². The van der Waals surface area contributed by atoms with Gasteiger partial charge >= 0.3 is 0 Å². The summed E-state index contributed by atoms with van der Waals surface area (Å²) in [6.45, 7) is 6.16. The average Bonchev–Trinajstić information content (AvgIpc) is 3.47. The van der Waals surface area contributed by atoms with Crippen molar-refractivity contribution in [1.29, 1.82) is 0 Å². The first-order chi connectivity index (χ1) is 14.6. The van der Waals surface area contributed by atoms with Gasteiger partial charge in [-0.15, -0.1) is 10.2 Å². The van der Waals surface area contributed by atoms with Gasteiger partial charge in [0.1, 0.15) is 11.6 Å². The van der Waals surface area contributed by atoms with Gasteiger partial charge in [-0.25, -0.2) is 9.97 Å². The van der Waals surface area contributed by atoms with Crippen LogP contribution in [-0.4, -0.2) is 54.4 Å². The van der Waals surface area contributed by atoms with Crippen molar-refractivity contribution < 1.29 is 9.21 Å². The van der Waals surface area contributed by atoms with Gasteiger partial charge in [0.2, 0.25) is 5.91 Å². The van der Waals surface area contributed by atoms with Gasteiger partial charge in [0.15, 0.2) is 10.3 Å². The predicted molar refractivity (Wildman–Crippen MR) is 115 cm³/mol. The van der Waals surface area contributed by atoms with Gasteiger partial charge in [0.25, 0.3) is 0 Å². The van der Waals surface area contributed by atoms with Crippen LogP contribution in [0.3, 0.4) is 0 Å². The fraction of sp³-hybridized carbons (Fsp3) is 0.450. The summed E-state index contributed by atoms with van der Waals surface area (Å²) in [5.74, 6) is 2.72. The van der Waals surface area contributed by atoms with Gasteiger partial charge in [-0.05, 0) is 44.9 Å². The Balaban J connectivity index is 1.48. The maximum atomic E-state index is 12.4. The monoisotopic (exact) mass is 444 g/mol. The maximum absolute atomic E-state index is 12.4. The molecule has 158 valence electrons. The molecule has 10 heteroatoms. The minimum absolute atomic E-state index is 0.157. The van der Waals surface area contributed by atoms with Crippen molar-refractivity contribution in [2.24, 2.45) is 0 Å². The molecule has 0 aliphatic carbocycles. The van der Waals surface area contributed by atoms with Gasteiger partial charge in [0.05, 0.1) is 24.3 Å². The van der Waals surface area contributed by atoms with Crippen molar-refractivity contribution >= 4 is 29.4 Å². The van der Waals surface area contributed by atoms with Crippen molar-refractivity contribution in [2.45, 2.75) is 49.3 Å². The average molecular weight is 445 g/mol. The zero-order valence-corrected chi connectivity index (χ0v) is 18.7. The molecule has 30 heavy (non-hydrogen) atoms. The van der Waals surface area contributed by atoms with Crippen LogP contribution in [0.15, 0.2) is 39.2 Å². The third-order valence-electron chi connectivity index (χ3n) is 4.76. The molecule has 3 aromatic rings. The van der Waals surface area contributed by atoms with Crippen molar-refractivity contribution in [2.75, 3.05) is 18.8 Å². The lowest BCUT2D eigenvalue weighted by atomic mass is 10.4. The Morgan fingerprint density at radius 1 is 1.13 bits per heavy atom. The normalized spacial score (nSPS) is 13.9. The van der Waals surface area contributed by atoms with Crippen LogP contribution in [0, 0.1) is 13.8 Å². The van der Waals surface area contributed by atoms with Gasteiger partial charge in [-0.2, -0.15) is 0 Å². The number of nitrogens with zero attached hydrogens (tertiary/aromatic N) is 6. The summed E-state index contributed by atoms with van der Waals surface area (Å²) >= 11 is 2.95. The molecular formula is C20H24N6O2S2. The number of hydrogen-bond acceptors (Lipinski definition) is 8. The fourth-order valence-corrected chi connectivity index (χ4v) is 5.07. The number of likely N-dealkylation sites (tertiary alicyclic amines) is 1. The van der Waals surface area contributed by atoms with Gasteiger partial charge in [0, 0.05) is 24.5 Å². The zero-order chi connectivity index (χ0) is 20.9. The van der Waals surface area contributed by atoms with Crippen molar-refractivity contribution in [1.82, 2.24) is 29.6 Å². The molecule has 0 aromatic carbocycles. The Hall–Kier alpha value is -2.33. The van der Waals surface area contributed by atoms with Crippen LogP contribution in [-0.2, 0) is 17.1 Å². The molecule has 0 N–H and O–H groups in total. The van der Waals surface area contributed by atoms with Crippen molar-refractivity contribution in [3.05, 3.63) is 47.4 Å². The number of hydrogen-bond donors (Lipinski definition) is 0. The van der Waals surface area contributed by atoms with E-state index in [4.69, 9.17) is 4.42 Å². The first-order valence-corrected chi connectivity index (χ1v) is 11.9. The second-order valence-electron chi connectivity index (χ2n) is 7.16. The second-order valence-corrected chi connectivity index (χ2v) is 9.05. The molecule has 1 aliphatic rings. The summed E-state index contributed by atoms with van der Waals surface area (Å²) < 4.78 is 7.54. The van der Waals surface area contributed by atoms with Crippen LogP contribution in [0.1, 0.15) is 35.8 Å². The van der Waals surface area contributed by atoms with Crippen LogP contribution < -0.4 is 0 Å². The minimum atomic E-state index is 0.157. The molecule has 0 saturated carbocycles. The molecule has 4 rings (SSSR count). The molecule has 3 aromatic heterocycles. The largest absolute Gasteiger partial charge is 0.467 e. The Kier molecular flexibility index (Phi) is 6.73. The number of amides is 1. The van der Waals surface area contributed by atoms with E-state index in [0.29, 0.717) is 18.1 Å². The van der Waals surface area contributed by atoms with Gasteiger partial charge in [-0.3, -0.25) is 9.36 Å². The van der Waals surface area contributed by atoms with Gasteiger partial charge in [-0.1, -0.05) is 23.5 Å². The highest BCUT2D eigenvalue weighted by Crippen LogP contribution is 2.25. The molecule has 0 radical (unpaired) electrons. The van der Waals surface area contributed by atoms with E-state index >= 15 is 0 Å². The fourth-order valence-electron chi connectivity index (χ4n) is 3.32. The summed E-state index contributed by atoms with van der Waals surface area (Å²) in [5.41, 5.74) is 1.89. The van der Waals surface area contributed by atoms with E-state index in [-0.39, 0.29) is 5.91 Å². The maximum Gasteiger partial charge on any atom is 0.233 e. The molecule has 0 atom stereocenters. The number of furan rings is 1. The highest BCUT2D eigenvalue weighted by Gasteiger charge is 2.21. The first kappa shape index (κ1) is 20.9. The van der Waals surface area contributed by atoms with E-state index in [1.54, 1.807) is 6.26 Å². The summed E-state index contributed by atoms with van der Waals surface area (Å²) in [6.07, 6.45) is 3.83. The van der Waals surface area contributed by atoms with E-state index < -0.39 is 0 Å². The van der Waals surface area contributed by atoms with Gasteiger partial charge < -0.3 is 9.32 Å². The summed E-state index contributed by atoms with van der Waals surface area (Å²) in [7, 11) is 0. The molecule has 0 bridgehead atoms. The van der Waals surface area contributed by atoms with Crippen molar-refractivity contribution in [3.8, 4) is 0 Å². The lowest BCUT2D eigenvalue weighted by molar-refractivity contribution is -0.127. The quantitative estimate of drug-likeness (QED) is 0.386. The number of aromatic nitrogens is 5. The van der Waals surface area contributed by atoms with E-state index in [1.807, 2.05) is 41.5 Å². The van der Waals surface area contributed by atoms with Crippen LogP contribution in [0.5, 0.6) is 0 Å². The van der Waals surface area contributed by atoms with Crippen LogP contribution in [0.25, 0.3) is 0 Å². The molecular weight excluding hydrogens is 420 g/mol. The predicted octanol–water partition coefficient (Wildman–Crippen LogP) is 3.33. The number of aryl methyl sites for hydroxylation is 2. The topological polar surface area (TPSA) is 89.9 Å². The Morgan fingerprint density at radius 2 is 1.90 bits per heavy atom. The summed E-state index contributed by atoms with van der Waals surface area (Å²) in [4.78, 5) is 23.3. The standard InChI is InChI=1S/C20H24N6O2S2/c1-14-10-15(2)22-19(21-14)29-12-17-23-24-20(26(17)11-16-6-5-9-28-16)30-13-18(27)25-7-3-4-8-25/h5-6,9-10H,3-4,7-8,11-13H2,1-2H3. The lowest BCUT2D eigenvalue weighted by Crippen LogP contribution is -2.29. The highest BCUT2D eigenvalue weighted by atomic mass is 32.2. The molecule has 8 nitrogen and oxygen atoms in total. The third-order valence-corrected chi connectivity index (χ3v) is 6.56. The molecule has 1 saturated heterocycles. The number of carbonyl (C=O) groups excluding carboxylic acids is 1. The minimum Gasteiger partial charge on any atom is -0.467 e. The third kappa shape index (κ3) is 5.23. The molecule has 1 amide bonds. The zero-order valence-electron chi connectivity index (χ0n) is 17.1. The second kappa shape index (κ2) is 9.65. The Labute approximate surface area is 183 Å².